The minimum atomic E-state index is -0.347. The first-order chi connectivity index (χ1) is 8.59. The lowest BCUT2D eigenvalue weighted by atomic mass is 9.88. The summed E-state index contributed by atoms with van der Waals surface area (Å²) in [7, 11) is 0. The molecule has 0 radical (unpaired) electrons. The molecule has 1 fully saturated rings. The van der Waals surface area contributed by atoms with Crippen LogP contribution in [-0.4, -0.2) is 6.10 Å². The fourth-order valence-electron chi connectivity index (χ4n) is 2.68. The molecule has 100 valence electrons. The van der Waals surface area contributed by atoms with Crippen LogP contribution < -0.4 is 10.5 Å². The standard InChI is InChI=1S/C15H22FNO/c1-10-6-3-4-8-13(10)18-14-9-5-7-12(16)15(14)11(2)17/h5,7,9-11,13H,3-4,6,8,17H2,1-2H3/t10?,11-,13?/m0/s1. The second-order valence-corrected chi connectivity index (χ2v) is 5.36. The van der Waals surface area contributed by atoms with Crippen molar-refractivity contribution in [1.82, 2.24) is 0 Å². The fourth-order valence-corrected chi connectivity index (χ4v) is 2.68. The first kappa shape index (κ1) is 13.3. The van der Waals surface area contributed by atoms with E-state index in [1.807, 2.05) is 6.07 Å². The molecular formula is C15H22FNO. The molecule has 0 aromatic heterocycles. The Morgan fingerprint density at radius 1 is 1.33 bits per heavy atom. The van der Waals surface area contributed by atoms with E-state index in [-0.39, 0.29) is 18.0 Å². The second kappa shape index (κ2) is 5.70. The first-order valence-electron chi connectivity index (χ1n) is 6.80. The Hall–Kier alpha value is -1.09. The number of nitrogens with two attached hydrogens (primary N) is 1. The van der Waals surface area contributed by atoms with E-state index in [4.69, 9.17) is 10.5 Å². The number of rotatable bonds is 3. The Balaban J connectivity index is 2.20. The molecule has 1 aromatic rings. The van der Waals surface area contributed by atoms with E-state index in [0.717, 1.165) is 6.42 Å². The number of ether oxygens (including phenoxy) is 1. The quantitative estimate of drug-likeness (QED) is 0.886. The molecule has 1 saturated carbocycles. The van der Waals surface area contributed by atoms with Gasteiger partial charge in [0, 0.05) is 11.6 Å². The van der Waals surface area contributed by atoms with Crippen molar-refractivity contribution in [2.45, 2.75) is 51.7 Å². The third kappa shape index (κ3) is 2.83. The van der Waals surface area contributed by atoms with Crippen molar-refractivity contribution in [1.29, 1.82) is 0 Å². The molecule has 0 bridgehead atoms. The molecule has 1 aliphatic rings. The van der Waals surface area contributed by atoms with Crippen molar-refractivity contribution in [2.24, 2.45) is 11.7 Å². The summed E-state index contributed by atoms with van der Waals surface area (Å²) >= 11 is 0. The highest BCUT2D eigenvalue weighted by Gasteiger charge is 2.24. The van der Waals surface area contributed by atoms with Crippen LogP contribution in [0, 0.1) is 11.7 Å². The summed E-state index contributed by atoms with van der Waals surface area (Å²) in [4.78, 5) is 0. The Kier molecular flexibility index (Phi) is 4.23. The number of halogens is 1. The predicted molar refractivity (Wildman–Crippen MR) is 71.1 cm³/mol. The molecule has 2 N–H and O–H groups in total. The molecule has 1 aliphatic carbocycles. The average molecular weight is 251 g/mol. The minimum absolute atomic E-state index is 0.193. The lowest BCUT2D eigenvalue weighted by Crippen LogP contribution is -2.29. The van der Waals surface area contributed by atoms with Crippen LogP contribution in [-0.2, 0) is 0 Å². The van der Waals surface area contributed by atoms with Gasteiger partial charge < -0.3 is 10.5 Å². The van der Waals surface area contributed by atoms with E-state index in [1.54, 1.807) is 13.0 Å². The van der Waals surface area contributed by atoms with Gasteiger partial charge in [-0.15, -0.1) is 0 Å². The molecule has 1 aromatic carbocycles. The van der Waals surface area contributed by atoms with Gasteiger partial charge in [0.05, 0.1) is 0 Å². The van der Waals surface area contributed by atoms with Crippen LogP contribution in [0.1, 0.15) is 51.1 Å². The zero-order valence-electron chi connectivity index (χ0n) is 11.2. The molecular weight excluding hydrogens is 229 g/mol. The van der Waals surface area contributed by atoms with Crippen molar-refractivity contribution in [3.8, 4) is 5.75 Å². The fraction of sp³-hybridized carbons (Fsp3) is 0.600. The summed E-state index contributed by atoms with van der Waals surface area (Å²) < 4.78 is 19.8. The summed E-state index contributed by atoms with van der Waals surface area (Å²) in [6.07, 6.45) is 4.89. The van der Waals surface area contributed by atoms with Gasteiger partial charge in [-0.05, 0) is 44.2 Å². The SMILES string of the molecule is CC1CCCCC1Oc1cccc(F)c1[C@H](C)N. The summed E-state index contributed by atoms with van der Waals surface area (Å²) in [5.74, 6) is 0.873. The van der Waals surface area contributed by atoms with E-state index in [1.165, 1.54) is 25.3 Å². The van der Waals surface area contributed by atoms with Gasteiger partial charge in [0.1, 0.15) is 17.7 Å². The van der Waals surface area contributed by atoms with Crippen molar-refractivity contribution < 1.29 is 9.13 Å². The molecule has 0 spiro atoms. The monoisotopic (exact) mass is 251 g/mol. The highest BCUT2D eigenvalue weighted by Crippen LogP contribution is 2.32. The topological polar surface area (TPSA) is 35.2 Å². The molecule has 2 nitrogen and oxygen atoms in total. The lowest BCUT2D eigenvalue weighted by Gasteiger charge is -2.30. The number of hydrogen-bond donors (Lipinski definition) is 1. The van der Waals surface area contributed by atoms with Crippen molar-refractivity contribution in [3.63, 3.8) is 0 Å². The molecule has 3 heteroatoms. The lowest BCUT2D eigenvalue weighted by molar-refractivity contribution is 0.101. The highest BCUT2D eigenvalue weighted by molar-refractivity contribution is 5.37. The highest BCUT2D eigenvalue weighted by atomic mass is 19.1. The molecule has 0 amide bonds. The summed E-state index contributed by atoms with van der Waals surface area (Å²) in [5.41, 5.74) is 6.33. The van der Waals surface area contributed by atoms with Crippen molar-refractivity contribution >= 4 is 0 Å². The van der Waals surface area contributed by atoms with Crippen LogP contribution in [0.3, 0.4) is 0 Å². The third-order valence-electron chi connectivity index (χ3n) is 3.78. The molecule has 2 unspecified atom stereocenters. The number of hydrogen-bond acceptors (Lipinski definition) is 2. The molecule has 0 heterocycles. The Morgan fingerprint density at radius 2 is 2.06 bits per heavy atom. The van der Waals surface area contributed by atoms with Gasteiger partial charge in [-0.3, -0.25) is 0 Å². The Bertz CT molecular complexity index is 405. The van der Waals surface area contributed by atoms with Gasteiger partial charge in [0.25, 0.3) is 0 Å². The van der Waals surface area contributed by atoms with Gasteiger partial charge in [0.2, 0.25) is 0 Å². The van der Waals surface area contributed by atoms with Gasteiger partial charge >= 0.3 is 0 Å². The molecule has 0 aliphatic heterocycles. The average Bonchev–Trinajstić information content (AvgIpc) is 2.31. The maximum atomic E-state index is 13.8. The normalized spacial score (nSPS) is 25.8. The van der Waals surface area contributed by atoms with Gasteiger partial charge in [0.15, 0.2) is 0 Å². The van der Waals surface area contributed by atoms with E-state index in [2.05, 4.69) is 6.92 Å². The van der Waals surface area contributed by atoms with Gasteiger partial charge in [-0.2, -0.15) is 0 Å². The van der Waals surface area contributed by atoms with E-state index in [9.17, 15) is 4.39 Å². The maximum absolute atomic E-state index is 13.8. The largest absolute Gasteiger partial charge is 0.490 e. The van der Waals surface area contributed by atoms with Crippen LogP contribution in [0.5, 0.6) is 5.75 Å². The molecule has 2 rings (SSSR count). The zero-order chi connectivity index (χ0) is 13.1. The van der Waals surface area contributed by atoms with E-state index in [0.29, 0.717) is 17.2 Å². The smallest absolute Gasteiger partial charge is 0.131 e. The Morgan fingerprint density at radius 3 is 2.72 bits per heavy atom. The van der Waals surface area contributed by atoms with Crippen molar-refractivity contribution in [3.05, 3.63) is 29.6 Å². The van der Waals surface area contributed by atoms with Crippen LogP contribution in [0.15, 0.2) is 18.2 Å². The second-order valence-electron chi connectivity index (χ2n) is 5.36. The van der Waals surface area contributed by atoms with Crippen LogP contribution in [0.2, 0.25) is 0 Å². The molecule has 0 saturated heterocycles. The minimum Gasteiger partial charge on any atom is -0.490 e. The Labute approximate surface area is 108 Å². The molecule has 3 atom stereocenters. The van der Waals surface area contributed by atoms with E-state index >= 15 is 0 Å². The van der Waals surface area contributed by atoms with Crippen LogP contribution >= 0.6 is 0 Å². The first-order valence-corrected chi connectivity index (χ1v) is 6.80. The van der Waals surface area contributed by atoms with E-state index < -0.39 is 0 Å². The van der Waals surface area contributed by atoms with Gasteiger partial charge in [-0.25, -0.2) is 4.39 Å². The van der Waals surface area contributed by atoms with Crippen LogP contribution in [0.25, 0.3) is 0 Å². The third-order valence-corrected chi connectivity index (χ3v) is 3.78. The predicted octanol–water partition coefficient (Wildman–Crippen LogP) is 3.80. The van der Waals surface area contributed by atoms with Crippen molar-refractivity contribution in [2.75, 3.05) is 0 Å². The number of benzene rings is 1. The molecule has 18 heavy (non-hydrogen) atoms. The summed E-state index contributed by atoms with van der Waals surface area (Å²) in [6, 6.07) is 4.60. The summed E-state index contributed by atoms with van der Waals surface area (Å²) in [5, 5.41) is 0. The summed E-state index contributed by atoms with van der Waals surface area (Å²) in [6.45, 7) is 3.99. The zero-order valence-corrected chi connectivity index (χ0v) is 11.2. The van der Waals surface area contributed by atoms with Gasteiger partial charge in [-0.1, -0.05) is 19.4 Å². The maximum Gasteiger partial charge on any atom is 0.131 e. The van der Waals surface area contributed by atoms with Crippen LogP contribution in [0.4, 0.5) is 4.39 Å².